The van der Waals surface area contributed by atoms with Gasteiger partial charge >= 0.3 is 5.97 Å². The summed E-state index contributed by atoms with van der Waals surface area (Å²) in [7, 11) is 0. The Kier molecular flexibility index (Phi) is 7.39. The molecule has 0 aromatic carbocycles. The third-order valence-corrected chi connectivity index (χ3v) is 4.92. The van der Waals surface area contributed by atoms with E-state index in [4.69, 9.17) is 10.5 Å². The summed E-state index contributed by atoms with van der Waals surface area (Å²) < 4.78 is 4.87. The van der Waals surface area contributed by atoms with Crippen molar-refractivity contribution in [3.05, 3.63) is 21.9 Å². The van der Waals surface area contributed by atoms with Gasteiger partial charge in [0.1, 0.15) is 6.04 Å². The molecule has 1 aromatic rings. The molecule has 0 saturated carbocycles. The van der Waals surface area contributed by atoms with Gasteiger partial charge in [0.05, 0.1) is 6.61 Å². The zero-order valence-electron chi connectivity index (χ0n) is 11.0. The molecule has 0 bridgehead atoms. The lowest BCUT2D eigenvalue weighted by atomic mass is 10.2. The van der Waals surface area contributed by atoms with E-state index in [0.717, 1.165) is 17.9 Å². The van der Waals surface area contributed by atoms with E-state index in [1.807, 2.05) is 23.1 Å². The summed E-state index contributed by atoms with van der Waals surface area (Å²) in [5.41, 5.74) is 5.72. The first-order valence-corrected chi connectivity index (χ1v) is 8.22. The van der Waals surface area contributed by atoms with Gasteiger partial charge in [0.15, 0.2) is 0 Å². The number of thioether (sulfide) groups is 1. The van der Waals surface area contributed by atoms with Crippen LogP contribution in [-0.2, 0) is 21.7 Å². The minimum atomic E-state index is -0.480. The summed E-state index contributed by atoms with van der Waals surface area (Å²) in [6, 6.07) is 3.89. The molecule has 102 valence electrons. The summed E-state index contributed by atoms with van der Waals surface area (Å²) in [5.74, 6) is 1.60. The van der Waals surface area contributed by atoms with Crippen molar-refractivity contribution in [3.8, 4) is 0 Å². The fourth-order valence-electron chi connectivity index (χ4n) is 1.44. The average molecular weight is 287 g/mol. The first-order chi connectivity index (χ1) is 8.67. The number of aryl methyl sites for hydroxylation is 1. The molecule has 0 radical (unpaired) electrons. The van der Waals surface area contributed by atoms with Crippen molar-refractivity contribution in [1.82, 2.24) is 0 Å². The highest BCUT2D eigenvalue weighted by atomic mass is 32.2. The second-order valence-electron chi connectivity index (χ2n) is 3.92. The van der Waals surface area contributed by atoms with Crippen molar-refractivity contribution >= 4 is 29.1 Å². The SMILES string of the molecule is CCOC(=O)C(N)CCSCc1ccc(CC)s1. The third-order valence-electron chi connectivity index (χ3n) is 2.47. The first kappa shape index (κ1) is 15.5. The molecule has 18 heavy (non-hydrogen) atoms. The van der Waals surface area contributed by atoms with Gasteiger partial charge in [0, 0.05) is 15.5 Å². The molecule has 0 aliphatic heterocycles. The fourth-order valence-corrected chi connectivity index (χ4v) is 3.54. The lowest BCUT2D eigenvalue weighted by Gasteiger charge is -2.09. The van der Waals surface area contributed by atoms with Gasteiger partial charge < -0.3 is 10.5 Å². The molecule has 1 rings (SSSR count). The number of carbonyl (C=O) groups excluding carboxylic acids is 1. The molecular formula is C13H21NO2S2. The molecule has 1 atom stereocenters. The first-order valence-electron chi connectivity index (χ1n) is 6.24. The summed E-state index contributed by atoms with van der Waals surface area (Å²) in [6.07, 6.45) is 1.78. The van der Waals surface area contributed by atoms with Crippen molar-refractivity contribution in [2.45, 2.75) is 38.5 Å². The largest absolute Gasteiger partial charge is 0.465 e. The maximum atomic E-state index is 11.3. The van der Waals surface area contributed by atoms with Crippen molar-refractivity contribution in [2.75, 3.05) is 12.4 Å². The van der Waals surface area contributed by atoms with Gasteiger partial charge in [-0.05, 0) is 37.7 Å². The zero-order valence-corrected chi connectivity index (χ0v) is 12.6. The minimum absolute atomic E-state index is 0.289. The molecule has 0 spiro atoms. The lowest BCUT2D eigenvalue weighted by Crippen LogP contribution is -2.32. The van der Waals surface area contributed by atoms with Crippen LogP contribution < -0.4 is 5.73 Å². The normalized spacial score (nSPS) is 12.4. The maximum Gasteiger partial charge on any atom is 0.322 e. The van der Waals surface area contributed by atoms with Crippen molar-refractivity contribution < 1.29 is 9.53 Å². The fraction of sp³-hybridized carbons (Fsp3) is 0.615. The Labute approximate surface area is 117 Å². The summed E-state index contributed by atoms with van der Waals surface area (Å²) in [6.45, 7) is 4.36. The number of hydrogen-bond donors (Lipinski definition) is 1. The molecule has 1 heterocycles. The Balaban J connectivity index is 2.16. The van der Waals surface area contributed by atoms with E-state index in [1.165, 1.54) is 9.75 Å². The zero-order chi connectivity index (χ0) is 13.4. The molecule has 3 nitrogen and oxygen atoms in total. The number of hydrogen-bond acceptors (Lipinski definition) is 5. The predicted molar refractivity (Wildman–Crippen MR) is 79.1 cm³/mol. The standard InChI is InChI=1S/C13H21NO2S2/c1-3-10-5-6-11(18-10)9-17-8-7-12(14)13(15)16-4-2/h5-6,12H,3-4,7-9,14H2,1-2H3. The van der Waals surface area contributed by atoms with E-state index < -0.39 is 6.04 Å². The van der Waals surface area contributed by atoms with Crippen LogP contribution in [0.3, 0.4) is 0 Å². The molecule has 0 aliphatic rings. The second-order valence-corrected chi connectivity index (χ2v) is 6.28. The third kappa shape index (κ3) is 5.42. The molecule has 0 saturated heterocycles. The van der Waals surface area contributed by atoms with Crippen molar-refractivity contribution in [3.63, 3.8) is 0 Å². The number of carbonyl (C=O) groups is 1. The molecule has 1 unspecified atom stereocenters. The molecular weight excluding hydrogens is 266 g/mol. The summed E-state index contributed by atoms with van der Waals surface area (Å²) in [4.78, 5) is 14.1. The minimum Gasteiger partial charge on any atom is -0.465 e. The van der Waals surface area contributed by atoms with E-state index in [1.54, 1.807) is 6.92 Å². The highest BCUT2D eigenvalue weighted by Crippen LogP contribution is 2.22. The second kappa shape index (κ2) is 8.56. The summed E-state index contributed by atoms with van der Waals surface area (Å²) in [5, 5.41) is 0. The van der Waals surface area contributed by atoms with Crippen molar-refractivity contribution in [2.24, 2.45) is 5.73 Å². The van der Waals surface area contributed by atoms with Gasteiger partial charge in [0.2, 0.25) is 0 Å². The van der Waals surface area contributed by atoms with E-state index in [2.05, 4.69) is 19.1 Å². The number of thiophene rings is 1. The maximum absolute atomic E-state index is 11.3. The van der Waals surface area contributed by atoms with Crippen LogP contribution in [0.2, 0.25) is 0 Å². The number of rotatable bonds is 8. The van der Waals surface area contributed by atoms with Crippen LogP contribution in [0.1, 0.15) is 30.0 Å². The Bertz CT molecular complexity index is 366. The highest BCUT2D eigenvalue weighted by molar-refractivity contribution is 7.98. The number of esters is 1. The summed E-state index contributed by atoms with van der Waals surface area (Å²) >= 11 is 3.68. The van der Waals surface area contributed by atoms with Crippen LogP contribution in [0.4, 0.5) is 0 Å². The molecule has 0 fully saturated rings. The van der Waals surface area contributed by atoms with Gasteiger partial charge in [-0.2, -0.15) is 11.8 Å². The molecule has 2 N–H and O–H groups in total. The van der Waals surface area contributed by atoms with E-state index in [9.17, 15) is 4.79 Å². The number of ether oxygens (including phenoxy) is 1. The van der Waals surface area contributed by atoms with Crippen LogP contribution in [0.25, 0.3) is 0 Å². The molecule has 0 amide bonds. The topological polar surface area (TPSA) is 52.3 Å². The molecule has 1 aromatic heterocycles. The average Bonchev–Trinajstić information content (AvgIpc) is 2.82. The quantitative estimate of drug-likeness (QED) is 0.590. The van der Waals surface area contributed by atoms with Crippen LogP contribution in [0, 0.1) is 0 Å². The molecule has 5 heteroatoms. The van der Waals surface area contributed by atoms with Crippen LogP contribution in [-0.4, -0.2) is 24.4 Å². The van der Waals surface area contributed by atoms with Gasteiger partial charge in [-0.25, -0.2) is 0 Å². The van der Waals surface area contributed by atoms with Crippen LogP contribution >= 0.6 is 23.1 Å². The van der Waals surface area contributed by atoms with E-state index >= 15 is 0 Å². The van der Waals surface area contributed by atoms with E-state index in [-0.39, 0.29) is 5.97 Å². The van der Waals surface area contributed by atoms with Crippen LogP contribution in [0.15, 0.2) is 12.1 Å². The molecule has 0 aliphatic carbocycles. The Morgan fingerprint density at radius 3 is 2.78 bits per heavy atom. The Morgan fingerprint density at radius 1 is 1.44 bits per heavy atom. The van der Waals surface area contributed by atoms with Gasteiger partial charge in [-0.1, -0.05) is 6.92 Å². The van der Waals surface area contributed by atoms with E-state index in [0.29, 0.717) is 13.0 Å². The number of nitrogens with two attached hydrogens (primary N) is 1. The smallest absolute Gasteiger partial charge is 0.322 e. The highest BCUT2D eigenvalue weighted by Gasteiger charge is 2.13. The predicted octanol–water partition coefficient (Wildman–Crippen LogP) is 2.82. The Morgan fingerprint density at radius 2 is 2.17 bits per heavy atom. The lowest BCUT2D eigenvalue weighted by molar-refractivity contribution is -0.144. The van der Waals surface area contributed by atoms with Gasteiger partial charge in [0.25, 0.3) is 0 Å². The Hall–Kier alpha value is -0.520. The van der Waals surface area contributed by atoms with Gasteiger partial charge in [-0.3, -0.25) is 4.79 Å². The van der Waals surface area contributed by atoms with Crippen LogP contribution in [0.5, 0.6) is 0 Å². The van der Waals surface area contributed by atoms with Gasteiger partial charge in [-0.15, -0.1) is 11.3 Å². The monoisotopic (exact) mass is 287 g/mol. The van der Waals surface area contributed by atoms with Crippen molar-refractivity contribution in [1.29, 1.82) is 0 Å².